The maximum absolute atomic E-state index is 12.8. The van der Waals surface area contributed by atoms with Gasteiger partial charge in [0.05, 0.1) is 15.5 Å². The van der Waals surface area contributed by atoms with Crippen LogP contribution in [0.3, 0.4) is 0 Å². The largest absolute Gasteiger partial charge is 0.506 e. The number of phenolic OH excluding ortho intramolecular Hbond substituents is 1. The summed E-state index contributed by atoms with van der Waals surface area (Å²) >= 11 is 0. The molecule has 7 nitrogen and oxygen atoms in total. The summed E-state index contributed by atoms with van der Waals surface area (Å²) in [4.78, 5) is -0.0446. The Hall–Kier alpha value is -2.62. The minimum absolute atomic E-state index is 0.0170. The second-order valence-corrected chi connectivity index (χ2v) is 10.5. The fourth-order valence-electron chi connectivity index (χ4n) is 3.37. The van der Waals surface area contributed by atoms with Crippen LogP contribution in [0.5, 0.6) is 5.75 Å². The van der Waals surface area contributed by atoms with E-state index in [0.29, 0.717) is 13.1 Å². The maximum atomic E-state index is 12.8. The maximum Gasteiger partial charge on any atom is 0.262 e. The lowest BCUT2D eigenvalue weighted by Crippen LogP contribution is -2.28. The minimum atomic E-state index is -4.03. The summed E-state index contributed by atoms with van der Waals surface area (Å²) in [6, 6.07) is 15.6. The zero-order valence-corrected chi connectivity index (χ0v) is 17.1. The highest BCUT2D eigenvalue weighted by Crippen LogP contribution is 2.31. The SMILES string of the molecule is O=S(=O)(Nc1cc(S(=O)(=O)N2CCCC2)ccc1O)c1ccc2ccccc2c1. The van der Waals surface area contributed by atoms with Crippen LogP contribution >= 0.6 is 0 Å². The molecule has 9 heteroatoms. The zero-order chi connectivity index (χ0) is 20.6. The Morgan fingerprint density at radius 3 is 2.17 bits per heavy atom. The third-order valence-corrected chi connectivity index (χ3v) is 8.20. The first kappa shape index (κ1) is 19.7. The van der Waals surface area contributed by atoms with E-state index >= 15 is 0 Å². The van der Waals surface area contributed by atoms with Crippen LogP contribution in [-0.2, 0) is 20.0 Å². The summed E-state index contributed by atoms with van der Waals surface area (Å²) in [5.41, 5.74) is -0.182. The molecule has 0 saturated carbocycles. The molecule has 0 atom stereocenters. The number of aromatic hydroxyl groups is 1. The third-order valence-electron chi connectivity index (χ3n) is 4.95. The van der Waals surface area contributed by atoms with Gasteiger partial charge in [0.2, 0.25) is 10.0 Å². The Bertz CT molecular complexity index is 1280. The predicted molar refractivity (Wildman–Crippen MR) is 111 cm³/mol. The molecule has 1 aliphatic rings. The Morgan fingerprint density at radius 1 is 0.793 bits per heavy atom. The van der Waals surface area contributed by atoms with E-state index in [9.17, 15) is 21.9 Å². The fourth-order valence-corrected chi connectivity index (χ4v) is 6.02. The molecule has 0 unspecified atom stereocenters. The Balaban J connectivity index is 1.69. The number of sulfonamides is 2. The number of phenols is 1. The molecule has 4 rings (SSSR count). The van der Waals surface area contributed by atoms with Gasteiger partial charge in [-0.1, -0.05) is 30.3 Å². The van der Waals surface area contributed by atoms with Gasteiger partial charge in [-0.2, -0.15) is 4.31 Å². The fraction of sp³-hybridized carbons (Fsp3) is 0.200. The van der Waals surface area contributed by atoms with Crippen LogP contribution in [-0.4, -0.2) is 39.3 Å². The number of anilines is 1. The van der Waals surface area contributed by atoms with Crippen LogP contribution in [0, 0.1) is 0 Å². The molecule has 0 spiro atoms. The van der Waals surface area contributed by atoms with E-state index in [4.69, 9.17) is 0 Å². The standard InChI is InChI=1S/C20H20N2O5S2/c23-20-10-9-18(29(26,27)22-11-3-4-12-22)14-19(20)21-28(24,25)17-8-7-15-5-1-2-6-16(15)13-17/h1-2,5-10,13-14,21,23H,3-4,11-12H2. The lowest BCUT2D eigenvalue weighted by atomic mass is 10.1. The van der Waals surface area contributed by atoms with E-state index in [1.807, 2.05) is 18.2 Å². The molecule has 3 aromatic rings. The van der Waals surface area contributed by atoms with Crippen molar-refractivity contribution in [1.82, 2.24) is 4.31 Å². The van der Waals surface area contributed by atoms with Gasteiger partial charge in [-0.3, -0.25) is 4.72 Å². The lowest BCUT2D eigenvalue weighted by molar-refractivity contribution is 0.473. The highest BCUT2D eigenvalue weighted by atomic mass is 32.2. The van der Waals surface area contributed by atoms with Crippen molar-refractivity contribution in [3.63, 3.8) is 0 Å². The number of benzene rings is 3. The molecule has 1 saturated heterocycles. The van der Waals surface area contributed by atoms with Crippen molar-refractivity contribution in [2.45, 2.75) is 22.6 Å². The van der Waals surface area contributed by atoms with Crippen LogP contribution in [0.4, 0.5) is 5.69 Å². The van der Waals surface area contributed by atoms with Crippen molar-refractivity contribution in [2.24, 2.45) is 0 Å². The topological polar surface area (TPSA) is 104 Å². The molecule has 0 bridgehead atoms. The molecule has 0 aromatic heterocycles. The van der Waals surface area contributed by atoms with Gasteiger partial charge in [0.25, 0.3) is 10.0 Å². The zero-order valence-electron chi connectivity index (χ0n) is 15.4. The summed E-state index contributed by atoms with van der Waals surface area (Å²) in [5.74, 6) is -0.352. The molecular weight excluding hydrogens is 412 g/mol. The second kappa shape index (κ2) is 7.33. The number of rotatable bonds is 5. The van der Waals surface area contributed by atoms with E-state index in [-0.39, 0.29) is 21.2 Å². The smallest absolute Gasteiger partial charge is 0.262 e. The van der Waals surface area contributed by atoms with Crippen LogP contribution in [0.2, 0.25) is 0 Å². The molecule has 0 aliphatic carbocycles. The quantitative estimate of drug-likeness (QED) is 0.603. The number of hydrogen-bond donors (Lipinski definition) is 2. The van der Waals surface area contributed by atoms with Gasteiger partial charge >= 0.3 is 0 Å². The Morgan fingerprint density at radius 2 is 1.45 bits per heavy atom. The number of fused-ring (bicyclic) bond motifs is 1. The van der Waals surface area contributed by atoms with Gasteiger partial charge < -0.3 is 5.11 Å². The highest BCUT2D eigenvalue weighted by molar-refractivity contribution is 7.92. The van der Waals surface area contributed by atoms with Gasteiger partial charge in [-0.15, -0.1) is 0 Å². The number of nitrogens with zero attached hydrogens (tertiary/aromatic N) is 1. The average Bonchev–Trinajstić information content (AvgIpc) is 3.25. The average molecular weight is 433 g/mol. The molecule has 1 aliphatic heterocycles. The third kappa shape index (κ3) is 3.81. The van der Waals surface area contributed by atoms with E-state index in [0.717, 1.165) is 29.7 Å². The number of nitrogens with one attached hydrogen (secondary N) is 1. The van der Waals surface area contributed by atoms with Gasteiger partial charge in [-0.05, 0) is 53.9 Å². The Labute approximate surface area is 169 Å². The van der Waals surface area contributed by atoms with Crippen molar-refractivity contribution in [1.29, 1.82) is 0 Å². The minimum Gasteiger partial charge on any atom is -0.506 e. The summed E-state index contributed by atoms with van der Waals surface area (Å²) in [7, 11) is -7.77. The molecule has 0 radical (unpaired) electrons. The molecule has 2 N–H and O–H groups in total. The van der Waals surface area contributed by atoms with Gasteiger partial charge in [0, 0.05) is 13.1 Å². The molecule has 1 fully saturated rings. The molecule has 3 aromatic carbocycles. The molecule has 1 heterocycles. The van der Waals surface area contributed by atoms with Crippen LogP contribution in [0.1, 0.15) is 12.8 Å². The van der Waals surface area contributed by atoms with Gasteiger partial charge in [-0.25, -0.2) is 16.8 Å². The summed E-state index contributed by atoms with van der Waals surface area (Å²) in [6.07, 6.45) is 1.58. The van der Waals surface area contributed by atoms with Crippen molar-refractivity contribution in [2.75, 3.05) is 17.8 Å². The van der Waals surface area contributed by atoms with E-state index in [1.54, 1.807) is 12.1 Å². The monoisotopic (exact) mass is 432 g/mol. The first-order valence-electron chi connectivity index (χ1n) is 9.12. The van der Waals surface area contributed by atoms with Crippen molar-refractivity contribution >= 4 is 36.5 Å². The second-order valence-electron chi connectivity index (χ2n) is 6.90. The van der Waals surface area contributed by atoms with Crippen molar-refractivity contribution in [3.8, 4) is 5.75 Å². The summed E-state index contributed by atoms with van der Waals surface area (Å²) < 4.78 is 54.8. The molecule has 152 valence electrons. The normalized spacial score (nSPS) is 15.6. The summed E-state index contributed by atoms with van der Waals surface area (Å²) in [6.45, 7) is 0.864. The number of hydrogen-bond acceptors (Lipinski definition) is 5. The lowest BCUT2D eigenvalue weighted by Gasteiger charge is -2.17. The van der Waals surface area contributed by atoms with E-state index < -0.39 is 20.0 Å². The van der Waals surface area contributed by atoms with Gasteiger partial charge in [0.1, 0.15) is 5.75 Å². The molecule has 29 heavy (non-hydrogen) atoms. The van der Waals surface area contributed by atoms with Crippen molar-refractivity contribution < 1.29 is 21.9 Å². The first-order chi connectivity index (χ1) is 13.8. The van der Waals surface area contributed by atoms with Crippen molar-refractivity contribution in [3.05, 3.63) is 60.7 Å². The van der Waals surface area contributed by atoms with E-state index in [2.05, 4.69) is 4.72 Å². The van der Waals surface area contributed by atoms with Crippen LogP contribution in [0.15, 0.2) is 70.5 Å². The van der Waals surface area contributed by atoms with Crippen LogP contribution in [0.25, 0.3) is 10.8 Å². The van der Waals surface area contributed by atoms with Crippen LogP contribution < -0.4 is 4.72 Å². The summed E-state index contributed by atoms with van der Waals surface area (Å²) in [5, 5.41) is 11.8. The van der Waals surface area contributed by atoms with E-state index in [1.165, 1.54) is 28.6 Å². The first-order valence-corrected chi connectivity index (χ1v) is 12.0. The molecular formula is C20H20N2O5S2. The molecule has 0 amide bonds. The Kier molecular flexibility index (Phi) is 4.97. The van der Waals surface area contributed by atoms with Gasteiger partial charge in [0.15, 0.2) is 0 Å². The highest BCUT2D eigenvalue weighted by Gasteiger charge is 2.28. The predicted octanol–water partition coefficient (Wildman–Crippen LogP) is 3.13.